The highest BCUT2D eigenvalue weighted by Crippen LogP contribution is 2.26. The van der Waals surface area contributed by atoms with E-state index in [0.29, 0.717) is 36.9 Å². The fourth-order valence-corrected chi connectivity index (χ4v) is 2.25. The number of aliphatic hydroxyl groups is 1. The van der Waals surface area contributed by atoms with Gasteiger partial charge in [0.05, 0.1) is 25.9 Å². The fraction of sp³-hybridized carbons (Fsp3) is 0.500. The highest BCUT2D eigenvalue weighted by molar-refractivity contribution is 6.30. The molecule has 2 rings (SSSR count). The van der Waals surface area contributed by atoms with Gasteiger partial charge in [-0.15, -0.1) is 0 Å². The van der Waals surface area contributed by atoms with E-state index in [1.165, 1.54) is 12.1 Å². The summed E-state index contributed by atoms with van der Waals surface area (Å²) in [5.74, 6) is -0.333. The van der Waals surface area contributed by atoms with Crippen LogP contribution in [0.5, 0.6) is 0 Å². The Kier molecular flexibility index (Phi) is 4.34. The van der Waals surface area contributed by atoms with Gasteiger partial charge in [-0.25, -0.2) is 4.39 Å². The minimum absolute atomic E-state index is 0.128. The predicted octanol–water partition coefficient (Wildman–Crippen LogP) is 1.84. The van der Waals surface area contributed by atoms with Gasteiger partial charge in [0.15, 0.2) is 0 Å². The number of halogens is 2. The maximum absolute atomic E-state index is 13.7. The summed E-state index contributed by atoms with van der Waals surface area (Å²) in [6.07, 6.45) is 0. The van der Waals surface area contributed by atoms with E-state index in [1.54, 1.807) is 6.07 Å². The quantitative estimate of drug-likeness (QED) is 0.899. The molecule has 0 radical (unpaired) electrons. The van der Waals surface area contributed by atoms with E-state index in [0.717, 1.165) is 0 Å². The van der Waals surface area contributed by atoms with Crippen LogP contribution in [-0.4, -0.2) is 42.9 Å². The van der Waals surface area contributed by atoms with E-state index < -0.39 is 0 Å². The topological polar surface area (TPSA) is 32.7 Å². The van der Waals surface area contributed by atoms with Gasteiger partial charge in [0.1, 0.15) is 5.82 Å². The number of rotatable bonds is 3. The highest BCUT2D eigenvalue weighted by Gasteiger charge is 2.24. The Hall–Kier alpha value is -0.680. The molecule has 0 saturated carbocycles. The Bertz CT molecular complexity index is 383. The smallest absolute Gasteiger partial charge is 0.128 e. The minimum atomic E-state index is -0.349. The van der Waals surface area contributed by atoms with Crippen molar-refractivity contribution in [3.63, 3.8) is 0 Å². The average Bonchev–Trinajstić information content (AvgIpc) is 2.36. The molecule has 0 bridgehead atoms. The van der Waals surface area contributed by atoms with Crippen LogP contribution in [0.2, 0.25) is 5.02 Å². The van der Waals surface area contributed by atoms with Crippen molar-refractivity contribution < 1.29 is 14.2 Å². The van der Waals surface area contributed by atoms with Crippen molar-refractivity contribution in [3.05, 3.63) is 34.6 Å². The second-order valence-corrected chi connectivity index (χ2v) is 4.45. The standard InChI is InChI=1S/C12H15ClFNO2/c13-9-1-2-11(14)10(7-9)12(8-16)15-3-5-17-6-4-15/h1-2,7,12,16H,3-6,8H2. The van der Waals surface area contributed by atoms with Crippen LogP contribution in [0, 0.1) is 5.82 Å². The van der Waals surface area contributed by atoms with Crippen molar-refractivity contribution in [1.29, 1.82) is 0 Å². The van der Waals surface area contributed by atoms with Crippen LogP contribution in [0.15, 0.2) is 18.2 Å². The maximum atomic E-state index is 13.7. The second kappa shape index (κ2) is 5.78. The van der Waals surface area contributed by atoms with Gasteiger partial charge < -0.3 is 9.84 Å². The zero-order chi connectivity index (χ0) is 12.3. The van der Waals surface area contributed by atoms with E-state index in [1.807, 2.05) is 4.90 Å². The van der Waals surface area contributed by atoms with Crippen molar-refractivity contribution >= 4 is 11.6 Å². The molecular weight excluding hydrogens is 245 g/mol. The molecule has 17 heavy (non-hydrogen) atoms. The summed E-state index contributed by atoms with van der Waals surface area (Å²) < 4.78 is 19.0. The summed E-state index contributed by atoms with van der Waals surface area (Å²) in [5.41, 5.74) is 0.446. The molecule has 1 heterocycles. The Morgan fingerprint density at radius 3 is 2.76 bits per heavy atom. The monoisotopic (exact) mass is 259 g/mol. The fourth-order valence-electron chi connectivity index (χ4n) is 2.07. The van der Waals surface area contributed by atoms with E-state index in [9.17, 15) is 9.50 Å². The first-order valence-electron chi connectivity index (χ1n) is 5.60. The van der Waals surface area contributed by atoms with Crippen LogP contribution in [-0.2, 0) is 4.74 Å². The third-order valence-corrected chi connectivity index (χ3v) is 3.21. The molecule has 1 aromatic carbocycles. The van der Waals surface area contributed by atoms with Crippen LogP contribution in [0.4, 0.5) is 4.39 Å². The number of hydrogen-bond acceptors (Lipinski definition) is 3. The maximum Gasteiger partial charge on any atom is 0.128 e. The molecule has 94 valence electrons. The number of hydrogen-bond donors (Lipinski definition) is 1. The average molecular weight is 260 g/mol. The van der Waals surface area contributed by atoms with E-state index in [2.05, 4.69) is 0 Å². The summed E-state index contributed by atoms with van der Waals surface area (Å²) >= 11 is 5.87. The summed E-state index contributed by atoms with van der Waals surface area (Å²) in [6, 6.07) is 4.07. The van der Waals surface area contributed by atoms with Crippen LogP contribution < -0.4 is 0 Å². The lowest BCUT2D eigenvalue weighted by molar-refractivity contribution is 0.00174. The number of aliphatic hydroxyl groups excluding tert-OH is 1. The molecule has 1 unspecified atom stereocenters. The molecule has 1 N–H and O–H groups in total. The van der Waals surface area contributed by atoms with Crippen LogP contribution in [0.3, 0.4) is 0 Å². The number of morpholine rings is 1. The third kappa shape index (κ3) is 2.96. The molecule has 1 saturated heterocycles. The normalized spacial score (nSPS) is 19.2. The summed E-state index contributed by atoms with van der Waals surface area (Å²) in [6.45, 7) is 2.48. The highest BCUT2D eigenvalue weighted by atomic mass is 35.5. The van der Waals surface area contributed by atoms with Gasteiger partial charge in [0.2, 0.25) is 0 Å². The molecular formula is C12H15ClFNO2. The molecule has 1 aliphatic heterocycles. The van der Waals surface area contributed by atoms with Crippen molar-refractivity contribution in [2.75, 3.05) is 32.9 Å². The molecule has 0 amide bonds. The van der Waals surface area contributed by atoms with E-state index in [-0.39, 0.29) is 18.5 Å². The minimum Gasteiger partial charge on any atom is -0.394 e. The van der Waals surface area contributed by atoms with Crippen LogP contribution in [0.1, 0.15) is 11.6 Å². The van der Waals surface area contributed by atoms with Crippen LogP contribution in [0.25, 0.3) is 0 Å². The molecule has 1 aliphatic rings. The third-order valence-electron chi connectivity index (χ3n) is 2.98. The number of ether oxygens (including phenoxy) is 1. The lowest BCUT2D eigenvalue weighted by atomic mass is 10.0. The van der Waals surface area contributed by atoms with Gasteiger partial charge in [-0.05, 0) is 18.2 Å². The predicted molar refractivity (Wildman–Crippen MR) is 63.6 cm³/mol. The van der Waals surface area contributed by atoms with Gasteiger partial charge in [0.25, 0.3) is 0 Å². The molecule has 0 aliphatic carbocycles. The Morgan fingerprint density at radius 1 is 1.41 bits per heavy atom. The largest absolute Gasteiger partial charge is 0.394 e. The van der Waals surface area contributed by atoms with Gasteiger partial charge in [0, 0.05) is 23.7 Å². The SMILES string of the molecule is OCC(c1cc(Cl)ccc1F)N1CCOCC1. The second-order valence-electron chi connectivity index (χ2n) is 4.01. The molecule has 0 spiro atoms. The Labute approximate surface area is 105 Å². The first-order valence-corrected chi connectivity index (χ1v) is 5.98. The number of nitrogens with zero attached hydrogens (tertiary/aromatic N) is 1. The first-order chi connectivity index (χ1) is 8.22. The first kappa shape index (κ1) is 12.8. The molecule has 0 aromatic heterocycles. The molecule has 3 nitrogen and oxygen atoms in total. The summed E-state index contributed by atoms with van der Waals surface area (Å²) in [7, 11) is 0. The zero-order valence-corrected chi connectivity index (χ0v) is 10.2. The lowest BCUT2D eigenvalue weighted by Crippen LogP contribution is -2.40. The van der Waals surface area contributed by atoms with Gasteiger partial charge in [-0.2, -0.15) is 0 Å². The van der Waals surface area contributed by atoms with Crippen molar-refractivity contribution in [2.24, 2.45) is 0 Å². The molecule has 1 aromatic rings. The molecule has 5 heteroatoms. The lowest BCUT2D eigenvalue weighted by Gasteiger charge is -2.33. The van der Waals surface area contributed by atoms with Gasteiger partial charge in [-0.1, -0.05) is 11.6 Å². The Morgan fingerprint density at radius 2 is 2.12 bits per heavy atom. The van der Waals surface area contributed by atoms with E-state index >= 15 is 0 Å². The zero-order valence-electron chi connectivity index (χ0n) is 9.40. The van der Waals surface area contributed by atoms with Crippen molar-refractivity contribution in [1.82, 2.24) is 4.90 Å². The molecule has 1 fully saturated rings. The summed E-state index contributed by atoms with van der Waals surface area (Å²) in [4.78, 5) is 2.01. The van der Waals surface area contributed by atoms with Crippen LogP contribution >= 0.6 is 11.6 Å². The molecule has 1 atom stereocenters. The van der Waals surface area contributed by atoms with Crippen molar-refractivity contribution in [3.8, 4) is 0 Å². The van der Waals surface area contributed by atoms with Crippen molar-refractivity contribution in [2.45, 2.75) is 6.04 Å². The van der Waals surface area contributed by atoms with E-state index in [4.69, 9.17) is 16.3 Å². The van der Waals surface area contributed by atoms with Gasteiger partial charge in [-0.3, -0.25) is 4.90 Å². The summed E-state index contributed by atoms with van der Waals surface area (Å²) in [5, 5.41) is 9.93. The Balaban J connectivity index is 2.24. The van der Waals surface area contributed by atoms with Gasteiger partial charge >= 0.3 is 0 Å². The number of benzene rings is 1.